The summed E-state index contributed by atoms with van der Waals surface area (Å²) in [6, 6.07) is 12.1. The number of aromatic amines is 1. The summed E-state index contributed by atoms with van der Waals surface area (Å²) >= 11 is 1.64. The molecule has 1 aliphatic heterocycles. The summed E-state index contributed by atoms with van der Waals surface area (Å²) in [6.07, 6.45) is 1.67. The van der Waals surface area contributed by atoms with Crippen LogP contribution in [0.4, 0.5) is 5.69 Å². The van der Waals surface area contributed by atoms with Crippen LogP contribution in [0.5, 0.6) is 0 Å². The van der Waals surface area contributed by atoms with Crippen molar-refractivity contribution in [1.82, 2.24) is 15.1 Å². The van der Waals surface area contributed by atoms with E-state index in [9.17, 15) is 13.2 Å². The van der Waals surface area contributed by atoms with Crippen LogP contribution in [-0.4, -0.2) is 66.4 Å². The SMILES string of the molecule is CCN(CC1=NCCS1)C(=O)CN(c1ccc2cn[nH]c2c1)S(=O)(=O)c1ccc(C(C)(C)C)cc1. The number of sulfonamides is 1. The fraction of sp³-hybridized carbons (Fsp3) is 0.400. The first-order chi connectivity index (χ1) is 16.6. The van der Waals surface area contributed by atoms with Gasteiger partial charge in [0.15, 0.2) is 0 Å². The van der Waals surface area contributed by atoms with Gasteiger partial charge in [0.05, 0.1) is 33.9 Å². The number of anilines is 1. The molecule has 1 amide bonds. The molecular formula is C25H31N5O3S2. The molecule has 8 nitrogen and oxygen atoms in total. The van der Waals surface area contributed by atoms with Crippen LogP contribution in [0.1, 0.15) is 33.3 Å². The predicted molar refractivity (Wildman–Crippen MR) is 143 cm³/mol. The van der Waals surface area contributed by atoms with Gasteiger partial charge in [0.25, 0.3) is 10.0 Å². The maximum atomic E-state index is 13.9. The van der Waals surface area contributed by atoms with Crippen molar-refractivity contribution >= 4 is 49.3 Å². The van der Waals surface area contributed by atoms with Crippen LogP contribution >= 0.6 is 11.8 Å². The Balaban J connectivity index is 1.70. The number of amides is 1. The van der Waals surface area contributed by atoms with Crippen molar-refractivity contribution in [2.75, 3.05) is 36.2 Å². The zero-order chi connectivity index (χ0) is 25.2. The molecule has 0 spiro atoms. The molecule has 1 aliphatic rings. The monoisotopic (exact) mass is 513 g/mol. The average molecular weight is 514 g/mol. The predicted octanol–water partition coefficient (Wildman–Crippen LogP) is 4.05. The highest BCUT2D eigenvalue weighted by molar-refractivity contribution is 8.14. The molecule has 0 fully saturated rings. The Hall–Kier alpha value is -2.85. The molecule has 0 aliphatic carbocycles. The smallest absolute Gasteiger partial charge is 0.264 e. The summed E-state index contributed by atoms with van der Waals surface area (Å²) in [5.41, 5.74) is 2.03. The van der Waals surface area contributed by atoms with Crippen LogP contribution in [0, 0.1) is 0 Å². The number of carbonyl (C=O) groups is 1. The molecule has 1 N–H and O–H groups in total. The number of aromatic nitrogens is 2. The number of nitrogens with zero attached hydrogens (tertiary/aromatic N) is 4. The summed E-state index contributed by atoms with van der Waals surface area (Å²) < 4.78 is 28.9. The van der Waals surface area contributed by atoms with Crippen LogP contribution in [0.3, 0.4) is 0 Å². The topological polar surface area (TPSA) is 98.7 Å². The van der Waals surface area contributed by atoms with E-state index >= 15 is 0 Å². The van der Waals surface area contributed by atoms with Gasteiger partial charge in [-0.1, -0.05) is 32.9 Å². The molecule has 0 saturated carbocycles. The number of carbonyl (C=O) groups excluding carboxylic acids is 1. The number of thioether (sulfide) groups is 1. The maximum absolute atomic E-state index is 13.9. The number of hydrogen-bond donors (Lipinski definition) is 1. The van der Waals surface area contributed by atoms with Gasteiger partial charge in [-0.3, -0.25) is 19.2 Å². The van der Waals surface area contributed by atoms with E-state index in [4.69, 9.17) is 0 Å². The molecule has 186 valence electrons. The third-order valence-electron chi connectivity index (χ3n) is 6.01. The average Bonchev–Trinajstić information content (AvgIpc) is 3.51. The first kappa shape index (κ1) is 25.2. The quantitative estimate of drug-likeness (QED) is 0.490. The summed E-state index contributed by atoms with van der Waals surface area (Å²) in [4.78, 5) is 19.6. The Kier molecular flexibility index (Phi) is 7.23. The van der Waals surface area contributed by atoms with E-state index in [0.29, 0.717) is 24.3 Å². The van der Waals surface area contributed by atoms with Crippen molar-refractivity contribution in [3.05, 3.63) is 54.2 Å². The number of benzene rings is 2. The van der Waals surface area contributed by atoms with Gasteiger partial charge in [-0.05, 0) is 48.2 Å². The number of rotatable bonds is 8. The lowest BCUT2D eigenvalue weighted by Crippen LogP contribution is -2.44. The maximum Gasteiger partial charge on any atom is 0.264 e. The molecule has 0 unspecified atom stereocenters. The van der Waals surface area contributed by atoms with Gasteiger partial charge in [0.1, 0.15) is 6.54 Å². The second kappa shape index (κ2) is 10.0. The normalized spacial score (nSPS) is 14.2. The standard InChI is InChI=1S/C25H31N5O3S2/c1-5-29(16-23-26-12-13-34-23)24(31)17-30(20-9-6-18-15-27-28-22(18)14-20)35(32,33)21-10-7-19(8-11-21)25(2,3)4/h6-11,14-15H,5,12-13,16-17H2,1-4H3,(H,27,28). The molecule has 0 radical (unpaired) electrons. The molecule has 2 aromatic carbocycles. The lowest BCUT2D eigenvalue weighted by molar-refractivity contribution is -0.128. The van der Waals surface area contributed by atoms with Crippen molar-refractivity contribution < 1.29 is 13.2 Å². The lowest BCUT2D eigenvalue weighted by Gasteiger charge is -2.28. The van der Waals surface area contributed by atoms with Crippen molar-refractivity contribution in [2.45, 2.75) is 38.0 Å². The fourth-order valence-corrected chi connectivity index (χ4v) is 6.14. The number of hydrogen-bond acceptors (Lipinski definition) is 6. The molecule has 3 aromatic rings. The second-order valence-corrected chi connectivity index (χ2v) is 12.5. The molecule has 0 saturated heterocycles. The minimum Gasteiger partial charge on any atom is -0.335 e. The van der Waals surface area contributed by atoms with E-state index in [0.717, 1.165) is 28.3 Å². The first-order valence-corrected chi connectivity index (χ1v) is 14.0. The van der Waals surface area contributed by atoms with E-state index in [1.54, 1.807) is 53.2 Å². The number of nitrogens with one attached hydrogen (secondary N) is 1. The highest BCUT2D eigenvalue weighted by atomic mass is 32.2. The minimum absolute atomic E-state index is 0.105. The third-order valence-corrected chi connectivity index (χ3v) is 8.78. The van der Waals surface area contributed by atoms with Gasteiger partial charge < -0.3 is 4.90 Å². The van der Waals surface area contributed by atoms with Crippen molar-refractivity contribution in [1.29, 1.82) is 0 Å². The van der Waals surface area contributed by atoms with E-state index in [2.05, 4.69) is 36.0 Å². The molecule has 35 heavy (non-hydrogen) atoms. The van der Waals surface area contributed by atoms with Crippen molar-refractivity contribution in [3.8, 4) is 0 Å². The van der Waals surface area contributed by atoms with Crippen LogP contribution in [0.25, 0.3) is 10.9 Å². The van der Waals surface area contributed by atoms with E-state index in [-0.39, 0.29) is 22.8 Å². The molecule has 1 aromatic heterocycles. The Morgan fingerprint density at radius 3 is 2.51 bits per heavy atom. The first-order valence-electron chi connectivity index (χ1n) is 11.6. The lowest BCUT2D eigenvalue weighted by atomic mass is 9.87. The number of aliphatic imine (C=N–C) groups is 1. The molecule has 4 rings (SSSR count). The largest absolute Gasteiger partial charge is 0.335 e. The third kappa shape index (κ3) is 5.54. The number of H-pyrrole nitrogens is 1. The summed E-state index contributed by atoms with van der Waals surface area (Å²) in [5, 5.41) is 8.68. The number of fused-ring (bicyclic) bond motifs is 1. The van der Waals surface area contributed by atoms with Gasteiger partial charge in [-0.15, -0.1) is 11.8 Å². The van der Waals surface area contributed by atoms with E-state index in [1.807, 2.05) is 19.1 Å². The van der Waals surface area contributed by atoms with Crippen LogP contribution in [-0.2, 0) is 20.2 Å². The van der Waals surface area contributed by atoms with Crippen molar-refractivity contribution in [3.63, 3.8) is 0 Å². The Morgan fingerprint density at radius 1 is 1.14 bits per heavy atom. The fourth-order valence-electron chi connectivity index (χ4n) is 3.89. The van der Waals surface area contributed by atoms with Gasteiger partial charge in [-0.2, -0.15) is 5.10 Å². The summed E-state index contributed by atoms with van der Waals surface area (Å²) in [5.74, 6) is 0.637. The Labute approximate surface area is 210 Å². The highest BCUT2D eigenvalue weighted by Gasteiger charge is 2.30. The van der Waals surface area contributed by atoms with Crippen LogP contribution in [0.15, 0.2) is 58.5 Å². The summed E-state index contributed by atoms with van der Waals surface area (Å²) in [7, 11) is -4.02. The van der Waals surface area contributed by atoms with Gasteiger partial charge in [0, 0.05) is 24.2 Å². The molecular weight excluding hydrogens is 482 g/mol. The Morgan fingerprint density at radius 2 is 1.89 bits per heavy atom. The minimum atomic E-state index is -4.02. The molecule has 0 atom stereocenters. The molecule has 10 heteroatoms. The number of likely N-dealkylation sites (N-methyl/N-ethyl adjacent to an activating group) is 1. The van der Waals surface area contributed by atoms with Crippen molar-refractivity contribution in [2.24, 2.45) is 4.99 Å². The molecule has 2 heterocycles. The van der Waals surface area contributed by atoms with Gasteiger partial charge in [0.2, 0.25) is 5.91 Å². The van der Waals surface area contributed by atoms with Crippen LogP contribution < -0.4 is 4.31 Å². The Bertz CT molecular complexity index is 1340. The van der Waals surface area contributed by atoms with Crippen LogP contribution in [0.2, 0.25) is 0 Å². The van der Waals surface area contributed by atoms with E-state index < -0.39 is 10.0 Å². The zero-order valence-electron chi connectivity index (χ0n) is 20.5. The zero-order valence-corrected chi connectivity index (χ0v) is 22.1. The van der Waals surface area contributed by atoms with Gasteiger partial charge >= 0.3 is 0 Å². The molecule has 0 bridgehead atoms. The van der Waals surface area contributed by atoms with E-state index in [1.165, 1.54) is 4.31 Å². The summed E-state index contributed by atoms with van der Waals surface area (Å²) in [6.45, 7) is 9.42. The highest BCUT2D eigenvalue weighted by Crippen LogP contribution is 2.29. The second-order valence-electron chi connectivity index (χ2n) is 9.46. The van der Waals surface area contributed by atoms with Gasteiger partial charge in [-0.25, -0.2) is 8.42 Å².